The zero-order valence-electron chi connectivity index (χ0n) is 22.5. The standard InChI is InChI=1S/C30H29ClN4O5S/c1-3-38-29(37)27-19(2)33-30(41)34-28(27)23-9-5-7-11-25(23)40-18-26(36)35-32-16-20-12-14-22(15-13-20)39-17-21-8-4-6-10-24(21)31/h4-16,28H,3,17-18H2,1-2H3,(H,35,36)(H2,33,34,41)/t28-/m1/s1. The number of amides is 1. The Balaban J connectivity index is 1.33. The van der Waals surface area contributed by atoms with Crippen LogP contribution in [-0.2, 0) is 20.9 Å². The van der Waals surface area contributed by atoms with Crippen molar-refractivity contribution in [3.05, 3.63) is 106 Å². The fraction of sp³-hybridized carbons (Fsp3) is 0.200. The van der Waals surface area contributed by atoms with E-state index in [1.54, 1.807) is 44.2 Å². The highest BCUT2D eigenvalue weighted by Gasteiger charge is 2.32. The number of halogens is 1. The molecule has 0 aliphatic carbocycles. The molecule has 3 aromatic rings. The van der Waals surface area contributed by atoms with Crippen LogP contribution in [-0.4, -0.2) is 36.4 Å². The molecule has 1 atom stereocenters. The topological polar surface area (TPSA) is 110 Å². The number of para-hydroxylation sites is 1. The van der Waals surface area contributed by atoms with E-state index in [-0.39, 0.29) is 13.2 Å². The summed E-state index contributed by atoms with van der Waals surface area (Å²) in [7, 11) is 0. The van der Waals surface area contributed by atoms with E-state index in [2.05, 4.69) is 21.2 Å². The van der Waals surface area contributed by atoms with Gasteiger partial charge in [-0.15, -0.1) is 0 Å². The molecule has 0 aromatic heterocycles. The number of hydrogen-bond acceptors (Lipinski definition) is 7. The highest BCUT2D eigenvalue weighted by molar-refractivity contribution is 7.80. The summed E-state index contributed by atoms with van der Waals surface area (Å²) in [6.45, 7) is 3.78. The van der Waals surface area contributed by atoms with Crippen molar-refractivity contribution in [2.45, 2.75) is 26.5 Å². The van der Waals surface area contributed by atoms with Crippen LogP contribution in [0.1, 0.15) is 36.6 Å². The Morgan fingerprint density at radius 1 is 1.05 bits per heavy atom. The van der Waals surface area contributed by atoms with Crippen LogP contribution < -0.4 is 25.5 Å². The van der Waals surface area contributed by atoms with Gasteiger partial charge in [0.15, 0.2) is 11.7 Å². The van der Waals surface area contributed by atoms with Crippen LogP contribution in [0.3, 0.4) is 0 Å². The van der Waals surface area contributed by atoms with Crippen molar-refractivity contribution in [2.24, 2.45) is 5.10 Å². The van der Waals surface area contributed by atoms with Crippen LogP contribution in [0.4, 0.5) is 0 Å². The van der Waals surface area contributed by atoms with Gasteiger partial charge in [-0.25, -0.2) is 10.2 Å². The number of hydrogen-bond donors (Lipinski definition) is 3. The fourth-order valence-electron chi connectivity index (χ4n) is 4.04. The summed E-state index contributed by atoms with van der Waals surface area (Å²) in [4.78, 5) is 25.1. The average molecular weight is 593 g/mol. The molecule has 41 heavy (non-hydrogen) atoms. The summed E-state index contributed by atoms with van der Waals surface area (Å²) in [5, 5.41) is 11.1. The van der Waals surface area contributed by atoms with E-state index in [0.717, 1.165) is 11.1 Å². The van der Waals surface area contributed by atoms with Gasteiger partial charge in [0.2, 0.25) is 0 Å². The normalized spacial score (nSPS) is 14.7. The van der Waals surface area contributed by atoms with Gasteiger partial charge < -0.3 is 24.8 Å². The molecule has 1 amide bonds. The molecular weight excluding hydrogens is 564 g/mol. The van der Waals surface area contributed by atoms with Crippen LogP contribution >= 0.6 is 23.8 Å². The van der Waals surface area contributed by atoms with E-state index in [0.29, 0.717) is 45.1 Å². The summed E-state index contributed by atoms with van der Waals surface area (Å²) in [5.41, 5.74) is 5.71. The largest absolute Gasteiger partial charge is 0.489 e. The molecule has 0 radical (unpaired) electrons. The van der Waals surface area contributed by atoms with Gasteiger partial charge in [-0.2, -0.15) is 5.10 Å². The molecule has 1 aliphatic heterocycles. The monoisotopic (exact) mass is 592 g/mol. The zero-order valence-corrected chi connectivity index (χ0v) is 24.1. The number of hydrazone groups is 1. The number of esters is 1. The third-order valence-electron chi connectivity index (χ3n) is 5.99. The lowest BCUT2D eigenvalue weighted by Crippen LogP contribution is -2.45. The average Bonchev–Trinajstić information content (AvgIpc) is 2.96. The Morgan fingerprint density at radius 3 is 2.54 bits per heavy atom. The van der Waals surface area contributed by atoms with Crippen molar-refractivity contribution in [3.63, 3.8) is 0 Å². The van der Waals surface area contributed by atoms with E-state index in [1.807, 2.05) is 42.5 Å². The van der Waals surface area contributed by atoms with Crippen LogP contribution in [0, 0.1) is 0 Å². The lowest BCUT2D eigenvalue weighted by Gasteiger charge is -2.30. The maximum atomic E-state index is 12.7. The van der Waals surface area contributed by atoms with Gasteiger partial charge in [0.05, 0.1) is 24.4 Å². The molecule has 0 saturated heterocycles. The first-order valence-corrected chi connectivity index (χ1v) is 13.6. The number of carbonyl (C=O) groups excluding carboxylic acids is 2. The van der Waals surface area contributed by atoms with Gasteiger partial charge in [-0.3, -0.25) is 4.79 Å². The summed E-state index contributed by atoms with van der Waals surface area (Å²) >= 11 is 11.5. The Kier molecular flexibility index (Phi) is 10.3. The number of benzene rings is 3. The molecule has 0 bridgehead atoms. The highest BCUT2D eigenvalue weighted by Crippen LogP contribution is 2.33. The Bertz CT molecular complexity index is 1480. The summed E-state index contributed by atoms with van der Waals surface area (Å²) < 4.78 is 16.8. The van der Waals surface area contributed by atoms with Gasteiger partial charge in [-0.05, 0) is 68.0 Å². The number of rotatable bonds is 11. The first-order valence-electron chi connectivity index (χ1n) is 12.8. The van der Waals surface area contributed by atoms with Crippen molar-refractivity contribution in [3.8, 4) is 11.5 Å². The minimum Gasteiger partial charge on any atom is -0.489 e. The second-order valence-electron chi connectivity index (χ2n) is 8.86. The van der Waals surface area contributed by atoms with Gasteiger partial charge in [0.1, 0.15) is 18.1 Å². The summed E-state index contributed by atoms with van der Waals surface area (Å²) in [5.74, 6) is 0.163. The predicted octanol–water partition coefficient (Wildman–Crippen LogP) is 4.80. The molecule has 3 N–H and O–H groups in total. The van der Waals surface area contributed by atoms with Crippen molar-refractivity contribution in [1.82, 2.24) is 16.1 Å². The first-order chi connectivity index (χ1) is 19.9. The summed E-state index contributed by atoms with van der Waals surface area (Å²) in [6, 6.07) is 21.2. The van der Waals surface area contributed by atoms with Crippen LogP contribution in [0.2, 0.25) is 5.02 Å². The molecule has 0 spiro atoms. The molecular formula is C30H29ClN4O5S. The van der Waals surface area contributed by atoms with Gasteiger partial charge in [-0.1, -0.05) is 48.0 Å². The maximum absolute atomic E-state index is 12.7. The number of allylic oxidation sites excluding steroid dienone is 1. The van der Waals surface area contributed by atoms with Crippen molar-refractivity contribution in [1.29, 1.82) is 0 Å². The Morgan fingerprint density at radius 2 is 1.78 bits per heavy atom. The van der Waals surface area contributed by atoms with E-state index in [9.17, 15) is 9.59 Å². The number of nitrogens with zero attached hydrogens (tertiary/aromatic N) is 1. The highest BCUT2D eigenvalue weighted by atomic mass is 35.5. The molecule has 212 valence electrons. The molecule has 0 saturated carbocycles. The van der Waals surface area contributed by atoms with Crippen molar-refractivity contribution < 1.29 is 23.8 Å². The van der Waals surface area contributed by atoms with Crippen LogP contribution in [0.15, 0.2) is 89.2 Å². The number of nitrogens with one attached hydrogen (secondary N) is 3. The summed E-state index contributed by atoms with van der Waals surface area (Å²) in [6.07, 6.45) is 1.52. The van der Waals surface area contributed by atoms with E-state index in [4.69, 9.17) is 38.0 Å². The minimum absolute atomic E-state index is 0.229. The number of thiocarbonyl (C=S) groups is 1. The number of carbonyl (C=O) groups is 2. The smallest absolute Gasteiger partial charge is 0.338 e. The molecule has 9 nitrogen and oxygen atoms in total. The van der Waals surface area contributed by atoms with Gasteiger partial charge in [0, 0.05) is 21.8 Å². The van der Waals surface area contributed by atoms with Gasteiger partial charge in [0.25, 0.3) is 5.91 Å². The molecule has 1 aliphatic rings. The fourth-order valence-corrected chi connectivity index (χ4v) is 4.50. The third-order valence-corrected chi connectivity index (χ3v) is 6.58. The molecule has 11 heteroatoms. The lowest BCUT2D eigenvalue weighted by molar-refractivity contribution is -0.139. The second-order valence-corrected chi connectivity index (χ2v) is 9.67. The number of ether oxygens (including phenoxy) is 3. The van der Waals surface area contributed by atoms with E-state index in [1.165, 1.54) is 6.21 Å². The molecule has 4 rings (SSSR count). The predicted molar refractivity (Wildman–Crippen MR) is 161 cm³/mol. The van der Waals surface area contributed by atoms with Crippen molar-refractivity contribution in [2.75, 3.05) is 13.2 Å². The first kappa shape index (κ1) is 29.6. The van der Waals surface area contributed by atoms with Crippen LogP contribution in [0.25, 0.3) is 0 Å². The van der Waals surface area contributed by atoms with Gasteiger partial charge >= 0.3 is 5.97 Å². The molecule has 0 fully saturated rings. The SMILES string of the molecule is CCOC(=O)C1=C(C)NC(=S)N[C@@H]1c1ccccc1OCC(=O)NN=Cc1ccc(OCc2ccccc2Cl)cc1. The Labute approximate surface area is 248 Å². The molecule has 0 unspecified atom stereocenters. The Hall–Kier alpha value is -4.41. The molecule has 3 aromatic carbocycles. The maximum Gasteiger partial charge on any atom is 0.338 e. The quantitative estimate of drug-likeness (QED) is 0.126. The third kappa shape index (κ3) is 8.06. The lowest BCUT2D eigenvalue weighted by atomic mass is 9.95. The van der Waals surface area contributed by atoms with Crippen molar-refractivity contribution >= 4 is 47.0 Å². The van der Waals surface area contributed by atoms with Crippen LogP contribution in [0.5, 0.6) is 11.5 Å². The zero-order chi connectivity index (χ0) is 29.2. The van der Waals surface area contributed by atoms with E-state index >= 15 is 0 Å². The second kappa shape index (κ2) is 14.3. The minimum atomic E-state index is -0.614. The molecule has 1 heterocycles. The van der Waals surface area contributed by atoms with E-state index < -0.39 is 17.9 Å².